The lowest BCUT2D eigenvalue weighted by Gasteiger charge is -2.18. The van der Waals surface area contributed by atoms with Crippen molar-refractivity contribution in [1.82, 2.24) is 4.98 Å². The molecule has 0 saturated carbocycles. The Morgan fingerprint density at radius 3 is 2.50 bits per heavy atom. The quantitative estimate of drug-likeness (QED) is 0.883. The van der Waals surface area contributed by atoms with Crippen molar-refractivity contribution in [3.63, 3.8) is 0 Å². The smallest absolute Gasteiger partial charge is 0.324 e. The molecule has 0 spiro atoms. The Kier molecular flexibility index (Phi) is 3.39. The van der Waals surface area contributed by atoms with E-state index in [1.165, 1.54) is 25.2 Å². The predicted octanol–water partition coefficient (Wildman–Crippen LogP) is 1.23. The summed E-state index contributed by atoms with van der Waals surface area (Å²) >= 11 is 1.34. The minimum Gasteiger partial charge on any atom is -0.480 e. The Hall–Kier alpha value is -0.950. The maximum Gasteiger partial charge on any atom is 0.324 e. The van der Waals surface area contributed by atoms with Crippen molar-refractivity contribution in [2.75, 3.05) is 0 Å². The molecule has 0 amide bonds. The first-order valence-corrected chi connectivity index (χ1v) is 7.07. The second kappa shape index (κ2) is 4.14. The molecule has 0 aromatic carbocycles. The number of carbonyl (C=O) groups is 1. The van der Waals surface area contributed by atoms with Crippen molar-refractivity contribution in [3.05, 3.63) is 16.1 Å². The highest BCUT2D eigenvalue weighted by Gasteiger charge is 2.42. The third-order valence-corrected chi connectivity index (χ3v) is 5.52. The summed E-state index contributed by atoms with van der Waals surface area (Å²) in [6.07, 6.45) is 0. The normalized spacial score (nSPS) is 12.7. The highest BCUT2D eigenvalue weighted by atomic mass is 32.2. The second-order valence-electron chi connectivity index (χ2n) is 3.93. The molecule has 0 aliphatic rings. The maximum absolute atomic E-state index is 11.9. The SMILES string of the molecule is Cc1nc(CS(=O)(=O)C(C)(C)C(=O)O)cs1. The molecule has 5 nitrogen and oxygen atoms in total. The van der Waals surface area contributed by atoms with E-state index in [9.17, 15) is 13.2 Å². The lowest BCUT2D eigenvalue weighted by atomic mass is 10.2. The van der Waals surface area contributed by atoms with Crippen molar-refractivity contribution in [3.8, 4) is 0 Å². The molecular weight excluding hydrogens is 250 g/mol. The van der Waals surface area contributed by atoms with Gasteiger partial charge in [-0.2, -0.15) is 0 Å². The summed E-state index contributed by atoms with van der Waals surface area (Å²) in [5.41, 5.74) is 0.400. The minimum atomic E-state index is -3.75. The highest BCUT2D eigenvalue weighted by molar-refractivity contribution is 7.92. The predicted molar refractivity (Wildman–Crippen MR) is 61.2 cm³/mol. The fourth-order valence-corrected chi connectivity index (χ4v) is 2.86. The van der Waals surface area contributed by atoms with Crippen LogP contribution in [0, 0.1) is 6.92 Å². The monoisotopic (exact) mass is 263 g/mol. The molecule has 90 valence electrons. The van der Waals surface area contributed by atoms with Crippen molar-refractivity contribution < 1.29 is 18.3 Å². The van der Waals surface area contributed by atoms with Crippen LogP contribution in [0.1, 0.15) is 24.5 Å². The van der Waals surface area contributed by atoms with Crippen molar-refractivity contribution >= 4 is 27.1 Å². The molecule has 0 radical (unpaired) electrons. The first kappa shape index (κ1) is 13.1. The van der Waals surface area contributed by atoms with Crippen LogP contribution in [-0.4, -0.2) is 29.2 Å². The summed E-state index contributed by atoms with van der Waals surface area (Å²) in [4.78, 5) is 14.9. The van der Waals surface area contributed by atoms with Crippen LogP contribution in [0.15, 0.2) is 5.38 Å². The summed E-state index contributed by atoms with van der Waals surface area (Å²) in [7, 11) is -3.75. The summed E-state index contributed by atoms with van der Waals surface area (Å²) < 4.78 is 21.9. The van der Waals surface area contributed by atoms with Gasteiger partial charge in [-0.1, -0.05) is 0 Å². The summed E-state index contributed by atoms with van der Waals surface area (Å²) in [6, 6.07) is 0. The minimum absolute atomic E-state index is 0.337. The molecule has 16 heavy (non-hydrogen) atoms. The van der Waals surface area contributed by atoms with E-state index in [-0.39, 0.29) is 5.75 Å². The average molecular weight is 263 g/mol. The zero-order valence-corrected chi connectivity index (χ0v) is 10.9. The number of rotatable bonds is 4. The van der Waals surface area contributed by atoms with Gasteiger partial charge in [0, 0.05) is 5.38 Å². The van der Waals surface area contributed by atoms with Crippen LogP contribution in [-0.2, 0) is 20.4 Å². The number of hydrogen-bond donors (Lipinski definition) is 1. The summed E-state index contributed by atoms with van der Waals surface area (Å²) in [6.45, 7) is 4.14. The van der Waals surface area contributed by atoms with Gasteiger partial charge in [0.25, 0.3) is 0 Å². The van der Waals surface area contributed by atoms with E-state index in [0.29, 0.717) is 5.69 Å². The molecule has 1 aromatic heterocycles. The lowest BCUT2D eigenvalue weighted by molar-refractivity contribution is -0.139. The summed E-state index contributed by atoms with van der Waals surface area (Å²) in [5.74, 6) is -1.68. The lowest BCUT2D eigenvalue weighted by Crippen LogP contribution is -2.41. The molecule has 0 aliphatic carbocycles. The van der Waals surface area contributed by atoms with Crippen molar-refractivity contribution in [2.24, 2.45) is 0 Å². The number of aliphatic carboxylic acids is 1. The van der Waals surface area contributed by atoms with E-state index in [1.807, 2.05) is 0 Å². The zero-order valence-electron chi connectivity index (χ0n) is 9.22. The molecule has 1 heterocycles. The number of hydrogen-bond acceptors (Lipinski definition) is 5. The van der Waals surface area contributed by atoms with Gasteiger partial charge in [-0.15, -0.1) is 11.3 Å². The van der Waals surface area contributed by atoms with Gasteiger partial charge in [0.05, 0.1) is 16.5 Å². The van der Waals surface area contributed by atoms with Crippen molar-refractivity contribution in [2.45, 2.75) is 31.3 Å². The van der Waals surface area contributed by atoms with Crippen LogP contribution >= 0.6 is 11.3 Å². The first-order chi connectivity index (χ1) is 7.17. The molecule has 1 aromatic rings. The van der Waals surface area contributed by atoms with Crippen LogP contribution in [0.2, 0.25) is 0 Å². The molecule has 0 saturated heterocycles. The molecule has 7 heteroatoms. The fourth-order valence-electron chi connectivity index (χ4n) is 0.983. The number of nitrogens with zero attached hydrogens (tertiary/aromatic N) is 1. The molecule has 0 bridgehead atoms. The largest absolute Gasteiger partial charge is 0.480 e. The number of aryl methyl sites for hydroxylation is 1. The molecular formula is C9H13NO4S2. The van der Waals surface area contributed by atoms with E-state index in [4.69, 9.17) is 5.11 Å². The molecule has 0 aliphatic heterocycles. The third kappa shape index (κ3) is 2.41. The average Bonchev–Trinajstić information content (AvgIpc) is 2.49. The Bertz CT molecular complexity index is 501. The van der Waals surface area contributed by atoms with Gasteiger partial charge in [-0.3, -0.25) is 4.79 Å². The standard InChI is InChI=1S/C9H13NO4S2/c1-6-10-7(4-15-6)5-16(13,14)9(2,3)8(11)12/h4H,5H2,1-3H3,(H,11,12). The van der Waals surface area contributed by atoms with E-state index >= 15 is 0 Å². The zero-order chi connectivity index (χ0) is 12.6. The second-order valence-corrected chi connectivity index (χ2v) is 7.53. The highest BCUT2D eigenvalue weighted by Crippen LogP contribution is 2.22. The first-order valence-electron chi connectivity index (χ1n) is 4.53. The van der Waals surface area contributed by atoms with Gasteiger partial charge in [0.15, 0.2) is 14.6 Å². The molecule has 0 atom stereocenters. The van der Waals surface area contributed by atoms with E-state index < -0.39 is 20.6 Å². The van der Waals surface area contributed by atoms with Gasteiger partial charge < -0.3 is 5.11 Å². The van der Waals surface area contributed by atoms with Crippen LogP contribution in [0.3, 0.4) is 0 Å². The van der Waals surface area contributed by atoms with Crippen LogP contribution in [0.25, 0.3) is 0 Å². The Labute approximate surface area is 98.1 Å². The van der Waals surface area contributed by atoms with E-state index in [2.05, 4.69) is 4.98 Å². The van der Waals surface area contributed by atoms with Crippen LogP contribution < -0.4 is 0 Å². The van der Waals surface area contributed by atoms with Gasteiger partial charge in [0.1, 0.15) is 0 Å². The Balaban J connectivity index is 3.01. The molecule has 0 unspecified atom stereocenters. The maximum atomic E-state index is 11.9. The summed E-state index contributed by atoms with van der Waals surface area (Å²) in [5, 5.41) is 11.3. The molecule has 0 fully saturated rings. The van der Waals surface area contributed by atoms with E-state index in [0.717, 1.165) is 5.01 Å². The van der Waals surface area contributed by atoms with Crippen molar-refractivity contribution in [1.29, 1.82) is 0 Å². The number of aromatic nitrogens is 1. The van der Waals surface area contributed by atoms with Gasteiger partial charge in [-0.25, -0.2) is 13.4 Å². The van der Waals surface area contributed by atoms with Gasteiger partial charge >= 0.3 is 5.97 Å². The Morgan fingerprint density at radius 1 is 1.56 bits per heavy atom. The Morgan fingerprint density at radius 2 is 2.12 bits per heavy atom. The van der Waals surface area contributed by atoms with E-state index in [1.54, 1.807) is 12.3 Å². The van der Waals surface area contributed by atoms with Gasteiger partial charge in [0.2, 0.25) is 0 Å². The number of sulfone groups is 1. The number of thiazole rings is 1. The molecule has 1 N–H and O–H groups in total. The van der Waals surface area contributed by atoms with Gasteiger partial charge in [-0.05, 0) is 20.8 Å². The third-order valence-electron chi connectivity index (χ3n) is 2.30. The number of carboxylic acid groups (broad SMARTS) is 1. The molecule has 1 rings (SSSR count). The van der Waals surface area contributed by atoms with Crippen LogP contribution in [0.5, 0.6) is 0 Å². The fraction of sp³-hybridized carbons (Fsp3) is 0.556. The number of carboxylic acids is 1. The topological polar surface area (TPSA) is 84.3 Å². The van der Waals surface area contributed by atoms with Crippen LogP contribution in [0.4, 0.5) is 0 Å².